The lowest BCUT2D eigenvalue weighted by Gasteiger charge is -1.92. The summed E-state index contributed by atoms with van der Waals surface area (Å²) in [7, 11) is 1.35. The number of carbonyl (C=O) groups is 1. The maximum atomic E-state index is 10.7. The van der Waals surface area contributed by atoms with Crippen LogP contribution in [-0.4, -0.2) is 18.1 Å². The SMILES string of the molecule is COC(=O)C=CSc1ccccn1. The fourth-order valence-corrected chi connectivity index (χ4v) is 1.24. The van der Waals surface area contributed by atoms with Crippen LogP contribution in [0.5, 0.6) is 0 Å². The third kappa shape index (κ3) is 3.75. The molecule has 0 fully saturated rings. The van der Waals surface area contributed by atoms with Crippen LogP contribution in [0, 0.1) is 0 Å². The molecular formula is C9H9NO2S. The van der Waals surface area contributed by atoms with Gasteiger partial charge in [-0.05, 0) is 17.5 Å². The van der Waals surface area contributed by atoms with Gasteiger partial charge in [-0.25, -0.2) is 9.78 Å². The third-order valence-electron chi connectivity index (χ3n) is 1.23. The summed E-state index contributed by atoms with van der Waals surface area (Å²) in [5, 5.41) is 2.50. The summed E-state index contributed by atoms with van der Waals surface area (Å²) < 4.78 is 4.43. The van der Waals surface area contributed by atoms with E-state index in [9.17, 15) is 4.79 Å². The number of esters is 1. The quantitative estimate of drug-likeness (QED) is 0.419. The van der Waals surface area contributed by atoms with Gasteiger partial charge in [0.05, 0.1) is 7.11 Å². The molecule has 0 aromatic carbocycles. The van der Waals surface area contributed by atoms with E-state index in [0.29, 0.717) is 0 Å². The molecule has 0 bridgehead atoms. The zero-order chi connectivity index (χ0) is 9.52. The molecule has 0 atom stereocenters. The number of pyridine rings is 1. The van der Waals surface area contributed by atoms with Crippen LogP contribution in [0.4, 0.5) is 0 Å². The number of rotatable bonds is 3. The minimum Gasteiger partial charge on any atom is -0.466 e. The predicted molar refractivity (Wildman–Crippen MR) is 51.3 cm³/mol. The summed E-state index contributed by atoms with van der Waals surface area (Å²) in [4.78, 5) is 14.7. The maximum absolute atomic E-state index is 10.7. The first-order valence-corrected chi connectivity index (χ1v) is 4.53. The van der Waals surface area contributed by atoms with Gasteiger partial charge in [0.25, 0.3) is 0 Å². The van der Waals surface area contributed by atoms with E-state index < -0.39 is 0 Å². The predicted octanol–water partition coefficient (Wildman–Crippen LogP) is 1.86. The average molecular weight is 195 g/mol. The molecule has 0 N–H and O–H groups in total. The Bertz CT molecular complexity index is 298. The molecular weight excluding hydrogens is 186 g/mol. The van der Waals surface area contributed by atoms with Crippen molar-refractivity contribution < 1.29 is 9.53 Å². The van der Waals surface area contributed by atoms with Crippen molar-refractivity contribution in [3.05, 3.63) is 35.9 Å². The number of hydrogen-bond donors (Lipinski definition) is 0. The Morgan fingerprint density at radius 3 is 3.08 bits per heavy atom. The molecule has 13 heavy (non-hydrogen) atoms. The second kappa shape index (κ2) is 5.37. The topological polar surface area (TPSA) is 39.2 Å². The highest BCUT2D eigenvalue weighted by molar-refractivity contribution is 8.02. The van der Waals surface area contributed by atoms with Crippen LogP contribution in [0.1, 0.15) is 0 Å². The molecule has 1 aromatic rings. The molecule has 0 saturated heterocycles. The maximum Gasteiger partial charge on any atom is 0.330 e. The van der Waals surface area contributed by atoms with E-state index >= 15 is 0 Å². The minimum atomic E-state index is -0.358. The first-order chi connectivity index (χ1) is 6.33. The summed E-state index contributed by atoms with van der Waals surface area (Å²) in [5.74, 6) is -0.358. The van der Waals surface area contributed by atoms with Gasteiger partial charge in [-0.15, -0.1) is 0 Å². The number of nitrogens with zero attached hydrogens (tertiary/aromatic N) is 1. The van der Waals surface area contributed by atoms with Gasteiger partial charge < -0.3 is 4.74 Å². The van der Waals surface area contributed by atoms with E-state index in [2.05, 4.69) is 9.72 Å². The molecule has 1 rings (SSSR count). The van der Waals surface area contributed by atoms with Crippen LogP contribution in [0.2, 0.25) is 0 Å². The number of methoxy groups -OCH3 is 1. The fraction of sp³-hybridized carbons (Fsp3) is 0.111. The second-order valence-corrected chi connectivity index (χ2v) is 3.04. The summed E-state index contributed by atoms with van der Waals surface area (Å²) >= 11 is 1.37. The van der Waals surface area contributed by atoms with E-state index in [1.807, 2.05) is 18.2 Å². The molecule has 0 amide bonds. The molecule has 1 aromatic heterocycles. The van der Waals surface area contributed by atoms with Crippen molar-refractivity contribution in [2.45, 2.75) is 5.03 Å². The number of carbonyl (C=O) groups excluding carboxylic acids is 1. The standard InChI is InChI=1S/C9H9NO2S/c1-12-9(11)5-7-13-8-4-2-3-6-10-8/h2-7H,1H3. The van der Waals surface area contributed by atoms with E-state index in [1.54, 1.807) is 11.6 Å². The van der Waals surface area contributed by atoms with Gasteiger partial charge in [0.1, 0.15) is 5.03 Å². The van der Waals surface area contributed by atoms with Gasteiger partial charge in [0.2, 0.25) is 0 Å². The molecule has 0 aliphatic rings. The van der Waals surface area contributed by atoms with Gasteiger partial charge >= 0.3 is 5.97 Å². The first-order valence-electron chi connectivity index (χ1n) is 3.65. The molecule has 68 valence electrons. The molecule has 1 heterocycles. The van der Waals surface area contributed by atoms with Gasteiger partial charge in [-0.2, -0.15) is 0 Å². The zero-order valence-corrected chi connectivity index (χ0v) is 7.95. The molecule has 3 nitrogen and oxygen atoms in total. The van der Waals surface area contributed by atoms with Crippen molar-refractivity contribution >= 4 is 17.7 Å². The number of hydrogen-bond acceptors (Lipinski definition) is 4. The van der Waals surface area contributed by atoms with Crippen LogP contribution in [0.25, 0.3) is 0 Å². The Hall–Kier alpha value is -1.29. The number of aromatic nitrogens is 1. The second-order valence-electron chi connectivity index (χ2n) is 2.11. The Kier molecular flexibility index (Phi) is 4.05. The molecule has 0 radical (unpaired) electrons. The van der Waals surface area contributed by atoms with Crippen LogP contribution in [0.3, 0.4) is 0 Å². The molecule has 0 spiro atoms. The Labute approximate surface area is 80.8 Å². The summed E-state index contributed by atoms with van der Waals surface area (Å²) in [6, 6.07) is 5.60. The normalized spacial score (nSPS) is 10.2. The van der Waals surface area contributed by atoms with Crippen molar-refractivity contribution in [2.75, 3.05) is 7.11 Å². The smallest absolute Gasteiger partial charge is 0.330 e. The highest BCUT2D eigenvalue weighted by atomic mass is 32.2. The number of thioether (sulfide) groups is 1. The van der Waals surface area contributed by atoms with Crippen molar-refractivity contribution in [3.8, 4) is 0 Å². The van der Waals surface area contributed by atoms with Crippen molar-refractivity contribution in [1.29, 1.82) is 0 Å². The largest absolute Gasteiger partial charge is 0.466 e. The van der Waals surface area contributed by atoms with Crippen LogP contribution >= 0.6 is 11.8 Å². The average Bonchev–Trinajstić information content (AvgIpc) is 2.19. The lowest BCUT2D eigenvalue weighted by atomic mass is 10.5. The monoisotopic (exact) mass is 195 g/mol. The van der Waals surface area contributed by atoms with Gasteiger partial charge in [-0.1, -0.05) is 17.8 Å². The van der Waals surface area contributed by atoms with Crippen LogP contribution < -0.4 is 0 Å². The lowest BCUT2D eigenvalue weighted by molar-refractivity contribution is -0.134. The summed E-state index contributed by atoms with van der Waals surface area (Å²) in [6.07, 6.45) is 3.06. The Morgan fingerprint density at radius 1 is 1.62 bits per heavy atom. The van der Waals surface area contributed by atoms with Crippen molar-refractivity contribution in [1.82, 2.24) is 4.98 Å². The highest BCUT2D eigenvalue weighted by Gasteiger charge is 1.91. The van der Waals surface area contributed by atoms with E-state index in [-0.39, 0.29) is 5.97 Å². The lowest BCUT2D eigenvalue weighted by Crippen LogP contribution is -1.92. The molecule has 0 saturated carbocycles. The molecule has 0 unspecified atom stereocenters. The van der Waals surface area contributed by atoms with E-state index in [0.717, 1.165) is 5.03 Å². The summed E-state index contributed by atoms with van der Waals surface area (Å²) in [5.41, 5.74) is 0. The van der Waals surface area contributed by atoms with Crippen molar-refractivity contribution in [2.24, 2.45) is 0 Å². The molecule has 0 aliphatic carbocycles. The molecule has 0 aliphatic heterocycles. The molecule has 4 heteroatoms. The van der Waals surface area contributed by atoms with Gasteiger partial charge in [0, 0.05) is 12.3 Å². The third-order valence-corrected chi connectivity index (χ3v) is 1.99. The van der Waals surface area contributed by atoms with Crippen LogP contribution in [-0.2, 0) is 9.53 Å². The first kappa shape index (κ1) is 9.80. The van der Waals surface area contributed by atoms with E-state index in [1.165, 1.54) is 24.9 Å². The van der Waals surface area contributed by atoms with Gasteiger partial charge in [0.15, 0.2) is 0 Å². The summed E-state index contributed by atoms with van der Waals surface area (Å²) in [6.45, 7) is 0. The minimum absolute atomic E-state index is 0.358. The fourth-order valence-electron chi connectivity index (χ4n) is 0.644. The van der Waals surface area contributed by atoms with Gasteiger partial charge in [-0.3, -0.25) is 0 Å². The highest BCUT2D eigenvalue weighted by Crippen LogP contribution is 2.14. The number of ether oxygens (including phenoxy) is 1. The zero-order valence-electron chi connectivity index (χ0n) is 7.14. The van der Waals surface area contributed by atoms with Crippen LogP contribution in [0.15, 0.2) is 40.9 Å². The van der Waals surface area contributed by atoms with E-state index in [4.69, 9.17) is 0 Å². The Balaban J connectivity index is 2.44. The van der Waals surface area contributed by atoms with Crippen molar-refractivity contribution in [3.63, 3.8) is 0 Å². The Morgan fingerprint density at radius 2 is 2.46 bits per heavy atom.